The van der Waals surface area contributed by atoms with Crippen LogP contribution in [0.1, 0.15) is 32.4 Å². The van der Waals surface area contributed by atoms with Crippen LogP contribution in [0.25, 0.3) is 0 Å². The second-order valence-electron chi connectivity index (χ2n) is 5.01. The van der Waals surface area contributed by atoms with Gasteiger partial charge in [-0.15, -0.1) is 10.2 Å². The van der Waals surface area contributed by atoms with Crippen molar-refractivity contribution in [2.24, 2.45) is 7.05 Å². The van der Waals surface area contributed by atoms with Crippen LogP contribution >= 0.6 is 0 Å². The molecule has 1 aliphatic heterocycles. The van der Waals surface area contributed by atoms with Crippen molar-refractivity contribution in [3.8, 4) is 0 Å². The second-order valence-corrected chi connectivity index (χ2v) is 5.01. The number of anilines is 1. The molecule has 2 heterocycles. The first-order valence-corrected chi connectivity index (χ1v) is 6.54. The number of fused-ring (bicyclic) bond motifs is 1. The number of imide groups is 1. The van der Waals surface area contributed by atoms with Gasteiger partial charge in [0, 0.05) is 19.8 Å². The highest BCUT2D eigenvalue weighted by Gasteiger charge is 2.32. The van der Waals surface area contributed by atoms with Crippen LogP contribution in [0.2, 0.25) is 0 Å². The zero-order chi connectivity index (χ0) is 15.1. The van der Waals surface area contributed by atoms with Crippen LogP contribution in [-0.2, 0) is 13.6 Å². The van der Waals surface area contributed by atoms with Gasteiger partial charge in [-0.05, 0) is 25.1 Å². The number of carbonyl (C=O) groups excluding carboxylic acids is 2. The summed E-state index contributed by atoms with van der Waals surface area (Å²) in [7, 11) is 3.38. The van der Waals surface area contributed by atoms with Crippen molar-refractivity contribution in [2.45, 2.75) is 13.5 Å². The molecule has 108 valence electrons. The average molecular weight is 285 g/mol. The maximum absolute atomic E-state index is 11.9. The normalized spacial score (nSPS) is 13.8. The average Bonchev–Trinajstić information content (AvgIpc) is 2.91. The zero-order valence-corrected chi connectivity index (χ0v) is 12.0. The van der Waals surface area contributed by atoms with Crippen LogP contribution in [0, 0.1) is 6.92 Å². The Kier molecular flexibility index (Phi) is 2.97. The topological polar surface area (TPSA) is 80.1 Å². The van der Waals surface area contributed by atoms with E-state index in [0.717, 1.165) is 22.2 Å². The van der Waals surface area contributed by atoms with Crippen molar-refractivity contribution in [2.75, 3.05) is 12.4 Å². The summed E-state index contributed by atoms with van der Waals surface area (Å²) in [5.41, 5.74) is 1.65. The predicted molar refractivity (Wildman–Crippen MR) is 75.9 cm³/mol. The zero-order valence-electron chi connectivity index (χ0n) is 12.0. The Morgan fingerprint density at radius 3 is 2.48 bits per heavy atom. The molecule has 0 saturated heterocycles. The minimum absolute atomic E-state index is 0.259. The third kappa shape index (κ3) is 2.06. The third-order valence-corrected chi connectivity index (χ3v) is 3.72. The number of aryl methyl sites for hydroxylation is 1. The van der Waals surface area contributed by atoms with E-state index in [0.29, 0.717) is 17.7 Å². The molecule has 0 spiro atoms. The Labute approximate surface area is 121 Å². The summed E-state index contributed by atoms with van der Waals surface area (Å²) in [6.45, 7) is 2.38. The number of carbonyl (C=O) groups is 2. The van der Waals surface area contributed by atoms with Crippen molar-refractivity contribution in [3.63, 3.8) is 0 Å². The number of hydrogen-bond acceptors (Lipinski definition) is 5. The maximum atomic E-state index is 11.9. The molecule has 3 rings (SSSR count). The molecule has 1 N–H and O–H groups in total. The van der Waals surface area contributed by atoms with Crippen molar-refractivity contribution < 1.29 is 9.59 Å². The lowest BCUT2D eigenvalue weighted by atomic mass is 10.1. The molecule has 0 fully saturated rings. The third-order valence-electron chi connectivity index (χ3n) is 3.72. The Hall–Kier alpha value is -2.70. The van der Waals surface area contributed by atoms with Crippen molar-refractivity contribution in [1.29, 1.82) is 0 Å². The molecule has 0 radical (unpaired) electrons. The molecule has 1 aromatic carbocycles. The van der Waals surface area contributed by atoms with Crippen molar-refractivity contribution in [3.05, 3.63) is 41.0 Å². The number of nitrogens with zero attached hydrogens (tertiary/aromatic N) is 4. The lowest BCUT2D eigenvalue weighted by Gasteiger charge is -2.07. The molecule has 1 aromatic heterocycles. The van der Waals surface area contributed by atoms with E-state index < -0.39 is 0 Å². The van der Waals surface area contributed by atoms with Gasteiger partial charge in [0.25, 0.3) is 11.8 Å². The molecule has 0 saturated carbocycles. The minimum atomic E-state index is -0.270. The highest BCUT2D eigenvalue weighted by Crippen LogP contribution is 2.24. The summed E-state index contributed by atoms with van der Waals surface area (Å²) in [6, 6.07) is 5.15. The van der Waals surface area contributed by atoms with Crippen molar-refractivity contribution in [1.82, 2.24) is 19.7 Å². The molecule has 7 heteroatoms. The molecule has 0 bridgehead atoms. The Bertz CT molecular complexity index is 750. The van der Waals surface area contributed by atoms with Crippen LogP contribution in [0.3, 0.4) is 0 Å². The first-order valence-electron chi connectivity index (χ1n) is 6.54. The van der Waals surface area contributed by atoms with E-state index in [4.69, 9.17) is 0 Å². The number of hydrogen-bond donors (Lipinski definition) is 1. The number of benzene rings is 1. The van der Waals surface area contributed by atoms with Crippen LogP contribution in [0.4, 0.5) is 5.69 Å². The number of rotatable bonds is 3. The van der Waals surface area contributed by atoms with Gasteiger partial charge in [0.2, 0.25) is 0 Å². The summed E-state index contributed by atoms with van der Waals surface area (Å²) in [5.74, 6) is 1.11. The maximum Gasteiger partial charge on any atom is 0.261 e. The number of aromatic nitrogens is 3. The minimum Gasteiger partial charge on any atom is -0.378 e. The number of amides is 2. The van der Waals surface area contributed by atoms with Gasteiger partial charge in [-0.25, -0.2) is 0 Å². The van der Waals surface area contributed by atoms with E-state index in [2.05, 4.69) is 15.5 Å². The summed E-state index contributed by atoms with van der Waals surface area (Å²) in [4.78, 5) is 24.9. The molecule has 7 nitrogen and oxygen atoms in total. The number of nitrogens with one attached hydrogen (secondary N) is 1. The summed E-state index contributed by atoms with van der Waals surface area (Å²) in [5, 5.41) is 11.2. The van der Waals surface area contributed by atoms with E-state index in [1.165, 1.54) is 7.05 Å². The molecule has 0 aliphatic carbocycles. The fourth-order valence-electron chi connectivity index (χ4n) is 2.26. The van der Waals surface area contributed by atoms with Crippen LogP contribution in [-0.4, -0.2) is 38.5 Å². The van der Waals surface area contributed by atoms with Crippen LogP contribution in [0.15, 0.2) is 18.2 Å². The molecular formula is C14H15N5O2. The Morgan fingerprint density at radius 1 is 1.10 bits per heavy atom. The largest absolute Gasteiger partial charge is 0.378 e. The van der Waals surface area contributed by atoms with Crippen molar-refractivity contribution >= 4 is 17.5 Å². The van der Waals surface area contributed by atoms with Gasteiger partial charge in [0.05, 0.1) is 17.7 Å². The Balaban J connectivity index is 1.81. The monoisotopic (exact) mass is 285 g/mol. The summed E-state index contributed by atoms with van der Waals surface area (Å²) in [6.07, 6.45) is 0. The molecule has 1 aliphatic rings. The second kappa shape index (κ2) is 4.69. The van der Waals surface area contributed by atoms with Gasteiger partial charge in [-0.2, -0.15) is 0 Å². The standard InChI is InChI=1S/C14H15N5O2/c1-8-16-17-12(18(8)2)7-15-9-4-5-10-11(6-9)14(21)19(3)13(10)20/h4-6,15H,7H2,1-3H3. The first kappa shape index (κ1) is 13.3. The highest BCUT2D eigenvalue weighted by atomic mass is 16.2. The van der Waals surface area contributed by atoms with Gasteiger partial charge in [0.1, 0.15) is 5.82 Å². The molecule has 2 aromatic rings. The van der Waals surface area contributed by atoms with Crippen LogP contribution < -0.4 is 5.32 Å². The van der Waals surface area contributed by atoms with Gasteiger partial charge >= 0.3 is 0 Å². The van der Waals surface area contributed by atoms with Gasteiger partial charge < -0.3 is 9.88 Å². The fourth-order valence-corrected chi connectivity index (χ4v) is 2.26. The quantitative estimate of drug-likeness (QED) is 0.850. The van der Waals surface area contributed by atoms with Gasteiger partial charge in [-0.1, -0.05) is 0 Å². The van der Waals surface area contributed by atoms with E-state index in [9.17, 15) is 9.59 Å². The SMILES string of the molecule is Cc1nnc(CNc2ccc3c(c2)C(=O)N(C)C3=O)n1C. The molecule has 0 unspecified atom stereocenters. The van der Waals surface area contributed by atoms with E-state index in [-0.39, 0.29) is 11.8 Å². The van der Waals surface area contributed by atoms with E-state index in [1.807, 2.05) is 18.5 Å². The summed E-state index contributed by atoms with van der Waals surface area (Å²) >= 11 is 0. The molecule has 2 amide bonds. The lowest BCUT2D eigenvalue weighted by molar-refractivity contribution is 0.0693. The van der Waals surface area contributed by atoms with E-state index >= 15 is 0 Å². The van der Waals surface area contributed by atoms with Gasteiger partial charge in [0.15, 0.2) is 5.82 Å². The van der Waals surface area contributed by atoms with Gasteiger partial charge in [-0.3, -0.25) is 14.5 Å². The molecule has 21 heavy (non-hydrogen) atoms. The van der Waals surface area contributed by atoms with E-state index in [1.54, 1.807) is 18.2 Å². The Morgan fingerprint density at radius 2 is 1.81 bits per heavy atom. The predicted octanol–water partition coefficient (Wildman–Crippen LogP) is 0.961. The smallest absolute Gasteiger partial charge is 0.261 e. The lowest BCUT2D eigenvalue weighted by Crippen LogP contribution is -2.24. The molecular weight excluding hydrogens is 270 g/mol. The highest BCUT2D eigenvalue weighted by molar-refractivity contribution is 6.21. The molecule has 0 atom stereocenters. The first-order chi connectivity index (χ1) is 9.99. The summed E-state index contributed by atoms with van der Waals surface area (Å²) < 4.78 is 1.89. The van der Waals surface area contributed by atoms with Crippen LogP contribution in [0.5, 0.6) is 0 Å². The fraction of sp³-hybridized carbons (Fsp3) is 0.286.